The van der Waals surface area contributed by atoms with Crippen molar-refractivity contribution in [3.05, 3.63) is 12.2 Å². The molecule has 1 aliphatic rings. The van der Waals surface area contributed by atoms with Crippen LogP contribution in [0.5, 0.6) is 0 Å². The van der Waals surface area contributed by atoms with E-state index in [0.29, 0.717) is 25.6 Å². The van der Waals surface area contributed by atoms with E-state index in [9.17, 15) is 18.4 Å². The number of nitrogens with zero attached hydrogens (tertiary/aromatic N) is 1. The van der Waals surface area contributed by atoms with E-state index in [0.717, 1.165) is 6.08 Å². The van der Waals surface area contributed by atoms with Gasteiger partial charge in [-0.2, -0.15) is 0 Å². The Morgan fingerprint density at radius 2 is 2.11 bits per heavy atom. The van der Waals surface area contributed by atoms with Crippen molar-refractivity contribution in [3.8, 4) is 0 Å². The molecule has 7 heteroatoms. The highest BCUT2D eigenvalue weighted by Gasteiger charge is 2.37. The van der Waals surface area contributed by atoms with E-state index in [1.807, 2.05) is 0 Å². The summed E-state index contributed by atoms with van der Waals surface area (Å²) in [6.07, 6.45) is 1.81. The van der Waals surface area contributed by atoms with Gasteiger partial charge >= 0.3 is 11.9 Å². The summed E-state index contributed by atoms with van der Waals surface area (Å²) in [5.74, 6) is -4.59. The fraction of sp³-hybridized carbons (Fsp3) is 0.636. The van der Waals surface area contributed by atoms with Gasteiger partial charge in [0.2, 0.25) is 0 Å². The van der Waals surface area contributed by atoms with Crippen molar-refractivity contribution >= 4 is 11.9 Å². The van der Waals surface area contributed by atoms with Crippen LogP contribution >= 0.6 is 0 Å². The van der Waals surface area contributed by atoms with Gasteiger partial charge in [0.05, 0.1) is 13.2 Å². The number of hydrogen-bond acceptors (Lipinski definition) is 4. The molecule has 1 saturated heterocycles. The molecule has 0 unspecified atom stereocenters. The third-order valence-electron chi connectivity index (χ3n) is 2.47. The molecule has 0 amide bonds. The van der Waals surface area contributed by atoms with Gasteiger partial charge in [0.1, 0.15) is 0 Å². The Bertz CT molecular complexity index is 344. The molecule has 1 N–H and O–H groups in total. The van der Waals surface area contributed by atoms with Gasteiger partial charge < -0.3 is 9.84 Å². The summed E-state index contributed by atoms with van der Waals surface area (Å²) >= 11 is 0. The second-order valence-corrected chi connectivity index (χ2v) is 4.07. The number of carbonyl (C=O) groups excluding carboxylic acids is 1. The number of ether oxygens (including phenoxy) is 1. The first-order valence-electron chi connectivity index (χ1n) is 5.57. The summed E-state index contributed by atoms with van der Waals surface area (Å²) in [7, 11) is 0. The van der Waals surface area contributed by atoms with Crippen LogP contribution in [0.25, 0.3) is 0 Å². The van der Waals surface area contributed by atoms with E-state index >= 15 is 0 Å². The van der Waals surface area contributed by atoms with Crippen molar-refractivity contribution < 1.29 is 28.2 Å². The second kappa shape index (κ2) is 6.44. The number of likely N-dealkylation sites (tertiary alicyclic amines) is 1. The minimum Gasteiger partial charge on any atom is -0.478 e. The lowest BCUT2D eigenvalue weighted by Crippen LogP contribution is -2.27. The Kier molecular flexibility index (Phi) is 5.21. The Morgan fingerprint density at radius 3 is 2.67 bits per heavy atom. The van der Waals surface area contributed by atoms with Crippen LogP contribution in [0.4, 0.5) is 8.78 Å². The van der Waals surface area contributed by atoms with Crippen molar-refractivity contribution in [1.29, 1.82) is 0 Å². The zero-order chi connectivity index (χ0) is 13.6. The minimum atomic E-state index is -2.61. The third-order valence-corrected chi connectivity index (χ3v) is 2.47. The summed E-state index contributed by atoms with van der Waals surface area (Å²) in [4.78, 5) is 22.6. The molecular formula is C11H15F2NO4. The van der Waals surface area contributed by atoms with Gasteiger partial charge in [-0.15, -0.1) is 0 Å². The monoisotopic (exact) mass is 263 g/mol. The Labute approximate surface area is 103 Å². The van der Waals surface area contributed by atoms with Crippen LogP contribution < -0.4 is 0 Å². The molecule has 0 saturated carbocycles. The minimum absolute atomic E-state index is 0.0882. The van der Waals surface area contributed by atoms with Gasteiger partial charge in [-0.05, 0) is 6.42 Å². The molecule has 0 radical (unpaired) electrons. The molecular weight excluding hydrogens is 248 g/mol. The lowest BCUT2D eigenvalue weighted by molar-refractivity contribution is -0.138. The highest BCUT2D eigenvalue weighted by Crippen LogP contribution is 2.26. The van der Waals surface area contributed by atoms with Gasteiger partial charge in [0.15, 0.2) is 0 Å². The number of carboxylic acids is 1. The number of carboxylic acid groups (broad SMARTS) is 1. The van der Waals surface area contributed by atoms with Gasteiger partial charge in [-0.3, -0.25) is 4.90 Å². The number of hydrogen-bond donors (Lipinski definition) is 1. The lowest BCUT2D eigenvalue weighted by atomic mass is 10.3. The molecule has 0 aromatic heterocycles. The standard InChI is InChI=1S/C11H15F2NO4/c12-11(13)4-6-14(8-11)5-1-7-18-10(17)3-2-9(15)16/h2-3H,1,4-8H2,(H,15,16)/b3-2+. The second-order valence-electron chi connectivity index (χ2n) is 4.07. The number of alkyl halides is 2. The fourth-order valence-electron chi connectivity index (χ4n) is 1.65. The quantitative estimate of drug-likeness (QED) is 0.438. The van der Waals surface area contributed by atoms with E-state index < -0.39 is 17.9 Å². The topological polar surface area (TPSA) is 66.8 Å². The van der Waals surface area contributed by atoms with E-state index in [1.54, 1.807) is 4.90 Å². The van der Waals surface area contributed by atoms with Crippen LogP contribution in [0.2, 0.25) is 0 Å². The van der Waals surface area contributed by atoms with Crippen LogP contribution in [0.1, 0.15) is 12.8 Å². The SMILES string of the molecule is O=C(O)/C=C/C(=O)OCCCN1CCC(F)(F)C1. The van der Waals surface area contributed by atoms with Crippen molar-refractivity contribution in [1.82, 2.24) is 4.90 Å². The Balaban J connectivity index is 2.09. The summed E-state index contributed by atoms with van der Waals surface area (Å²) in [5.41, 5.74) is 0. The Hall–Kier alpha value is -1.50. The average Bonchev–Trinajstić information content (AvgIpc) is 2.61. The number of rotatable bonds is 6. The van der Waals surface area contributed by atoms with Crippen LogP contribution in [-0.2, 0) is 14.3 Å². The summed E-state index contributed by atoms with van der Waals surface area (Å²) in [5, 5.41) is 8.25. The molecule has 0 spiro atoms. The molecule has 0 atom stereocenters. The molecule has 1 fully saturated rings. The molecule has 1 rings (SSSR count). The first kappa shape index (κ1) is 14.6. The molecule has 5 nitrogen and oxygen atoms in total. The summed E-state index contributed by atoms with van der Waals surface area (Å²) in [6.45, 7) is 0.621. The number of carbonyl (C=O) groups is 2. The first-order chi connectivity index (χ1) is 8.39. The van der Waals surface area contributed by atoms with Crippen LogP contribution in [0.15, 0.2) is 12.2 Å². The van der Waals surface area contributed by atoms with E-state index in [2.05, 4.69) is 0 Å². The maximum absolute atomic E-state index is 12.8. The molecule has 0 aliphatic carbocycles. The first-order valence-corrected chi connectivity index (χ1v) is 5.57. The molecule has 1 aliphatic heterocycles. The highest BCUT2D eigenvalue weighted by atomic mass is 19.3. The zero-order valence-corrected chi connectivity index (χ0v) is 9.77. The Morgan fingerprint density at radius 1 is 1.39 bits per heavy atom. The molecule has 0 aromatic carbocycles. The van der Waals surface area contributed by atoms with Crippen molar-refractivity contribution in [3.63, 3.8) is 0 Å². The highest BCUT2D eigenvalue weighted by molar-refractivity contribution is 5.90. The number of halogens is 2. The average molecular weight is 263 g/mol. The van der Waals surface area contributed by atoms with Gasteiger partial charge in [-0.1, -0.05) is 0 Å². The van der Waals surface area contributed by atoms with Gasteiger partial charge in [-0.25, -0.2) is 18.4 Å². The lowest BCUT2D eigenvalue weighted by Gasteiger charge is -2.14. The summed E-state index contributed by atoms with van der Waals surface area (Å²) < 4.78 is 30.3. The fourth-order valence-corrected chi connectivity index (χ4v) is 1.65. The molecule has 0 aromatic rings. The van der Waals surface area contributed by atoms with Crippen LogP contribution in [0.3, 0.4) is 0 Å². The number of aliphatic carboxylic acids is 1. The zero-order valence-electron chi connectivity index (χ0n) is 9.77. The number of esters is 1. The van der Waals surface area contributed by atoms with Gasteiger partial charge in [0, 0.05) is 31.7 Å². The maximum Gasteiger partial charge on any atom is 0.331 e. The van der Waals surface area contributed by atoms with Gasteiger partial charge in [0.25, 0.3) is 5.92 Å². The predicted molar refractivity (Wildman–Crippen MR) is 58.4 cm³/mol. The van der Waals surface area contributed by atoms with Crippen LogP contribution in [-0.4, -0.2) is 54.1 Å². The van der Waals surface area contributed by atoms with Crippen molar-refractivity contribution in [2.75, 3.05) is 26.2 Å². The summed E-state index contributed by atoms with van der Waals surface area (Å²) in [6, 6.07) is 0. The molecule has 1 heterocycles. The third kappa shape index (κ3) is 5.72. The molecule has 0 bridgehead atoms. The van der Waals surface area contributed by atoms with Crippen LogP contribution in [0, 0.1) is 0 Å². The largest absolute Gasteiger partial charge is 0.478 e. The normalized spacial score (nSPS) is 19.2. The maximum atomic E-state index is 12.8. The van der Waals surface area contributed by atoms with E-state index in [1.165, 1.54) is 0 Å². The van der Waals surface area contributed by atoms with E-state index in [-0.39, 0.29) is 19.6 Å². The predicted octanol–water partition coefficient (Wildman–Crippen LogP) is 0.902. The van der Waals surface area contributed by atoms with Crippen molar-refractivity contribution in [2.45, 2.75) is 18.8 Å². The van der Waals surface area contributed by atoms with E-state index in [4.69, 9.17) is 9.84 Å². The molecule has 102 valence electrons. The smallest absolute Gasteiger partial charge is 0.331 e. The van der Waals surface area contributed by atoms with Crippen molar-refractivity contribution in [2.24, 2.45) is 0 Å². The molecule has 18 heavy (non-hydrogen) atoms.